The highest BCUT2D eigenvalue weighted by Gasteiger charge is 2.59. The number of fused-ring (bicyclic) bond motifs is 1. The van der Waals surface area contributed by atoms with E-state index >= 15 is 0 Å². The number of hydrogen-bond acceptors (Lipinski definition) is 5. The molecule has 0 radical (unpaired) electrons. The van der Waals surface area contributed by atoms with Crippen LogP contribution >= 0.6 is 0 Å². The van der Waals surface area contributed by atoms with E-state index in [1.54, 1.807) is 12.1 Å². The van der Waals surface area contributed by atoms with E-state index in [0.29, 0.717) is 17.2 Å². The first-order valence-corrected chi connectivity index (χ1v) is 12.1. The van der Waals surface area contributed by atoms with Crippen LogP contribution in [0.5, 0.6) is 17.2 Å². The van der Waals surface area contributed by atoms with E-state index in [2.05, 4.69) is 0 Å². The molecule has 0 saturated heterocycles. The molecule has 6 nitrogen and oxygen atoms in total. The van der Waals surface area contributed by atoms with Crippen LogP contribution in [0.1, 0.15) is 23.0 Å². The van der Waals surface area contributed by atoms with Crippen LogP contribution in [0.25, 0.3) is 11.1 Å². The minimum absolute atomic E-state index is 0.195. The van der Waals surface area contributed by atoms with Gasteiger partial charge in [-0.1, -0.05) is 78.9 Å². The first kappa shape index (κ1) is 22.9. The highest BCUT2D eigenvalue weighted by molar-refractivity contribution is 5.86. The largest absolute Gasteiger partial charge is 0.481 e. The van der Waals surface area contributed by atoms with Crippen molar-refractivity contribution in [1.82, 2.24) is 0 Å². The molecule has 0 bridgehead atoms. The van der Waals surface area contributed by atoms with Crippen molar-refractivity contribution in [2.75, 3.05) is 6.79 Å². The average molecular weight is 493 g/mol. The molecular weight excluding hydrogens is 468 g/mol. The highest BCUT2D eigenvalue weighted by Crippen LogP contribution is 2.58. The fraction of sp³-hybridized carbons (Fsp3) is 0.161. The van der Waals surface area contributed by atoms with Crippen LogP contribution in [0.15, 0.2) is 103 Å². The van der Waals surface area contributed by atoms with Crippen molar-refractivity contribution in [1.29, 1.82) is 0 Å². The van der Waals surface area contributed by atoms with Gasteiger partial charge in [0.25, 0.3) is 0 Å². The highest BCUT2D eigenvalue weighted by atomic mass is 16.7. The fourth-order valence-electron chi connectivity index (χ4n) is 5.53. The molecular formula is C31H24O6. The maximum absolute atomic E-state index is 13.7. The number of ether oxygens (including phenoxy) is 3. The van der Waals surface area contributed by atoms with Crippen molar-refractivity contribution in [3.63, 3.8) is 0 Å². The molecule has 184 valence electrons. The van der Waals surface area contributed by atoms with Crippen LogP contribution in [-0.4, -0.2) is 23.8 Å². The number of aliphatic carboxylic acids is 1. The zero-order valence-electron chi connectivity index (χ0n) is 19.8. The Labute approximate surface area is 214 Å². The zero-order chi connectivity index (χ0) is 25.4. The average Bonchev–Trinajstić information content (AvgIpc) is 3.37. The second-order valence-electron chi connectivity index (χ2n) is 9.28. The molecule has 6 heteroatoms. The summed E-state index contributed by atoms with van der Waals surface area (Å²) < 4.78 is 16.8. The van der Waals surface area contributed by atoms with Gasteiger partial charge in [0, 0.05) is 11.8 Å². The second-order valence-corrected chi connectivity index (χ2v) is 9.28. The summed E-state index contributed by atoms with van der Waals surface area (Å²) in [4.78, 5) is 26.1. The SMILES string of the molecule is O=C(O)C1[C@@H](c2ccccc2)C(C(=O)Oc2cccc(-c3ccc4c(c3)OCO4)c2)[C@H]1c1ccccc1. The number of hydrogen-bond donors (Lipinski definition) is 1. The minimum Gasteiger partial charge on any atom is -0.481 e. The lowest BCUT2D eigenvalue weighted by Crippen LogP contribution is -2.52. The Balaban J connectivity index is 1.32. The van der Waals surface area contributed by atoms with Crippen molar-refractivity contribution in [2.24, 2.45) is 11.8 Å². The molecule has 1 heterocycles. The minimum atomic E-state index is -0.920. The van der Waals surface area contributed by atoms with Gasteiger partial charge in [0.2, 0.25) is 6.79 Å². The Bertz CT molecular complexity index is 1400. The molecule has 1 aliphatic heterocycles. The first-order valence-electron chi connectivity index (χ1n) is 12.1. The van der Waals surface area contributed by atoms with Gasteiger partial charge in [-0.2, -0.15) is 0 Å². The van der Waals surface area contributed by atoms with E-state index in [4.69, 9.17) is 14.2 Å². The fourth-order valence-corrected chi connectivity index (χ4v) is 5.53. The maximum Gasteiger partial charge on any atom is 0.315 e. The molecule has 6 rings (SSSR count). The molecule has 2 aliphatic rings. The van der Waals surface area contributed by atoms with Gasteiger partial charge >= 0.3 is 11.9 Å². The van der Waals surface area contributed by atoms with Gasteiger partial charge < -0.3 is 19.3 Å². The van der Waals surface area contributed by atoms with Crippen LogP contribution in [0, 0.1) is 11.8 Å². The normalized spacial score (nSPS) is 21.6. The lowest BCUT2D eigenvalue weighted by molar-refractivity contribution is -0.158. The lowest BCUT2D eigenvalue weighted by atomic mass is 9.52. The molecule has 1 fully saturated rings. The van der Waals surface area contributed by atoms with Crippen molar-refractivity contribution in [3.05, 3.63) is 114 Å². The summed E-state index contributed by atoms with van der Waals surface area (Å²) in [6.45, 7) is 0.195. The second kappa shape index (κ2) is 9.47. The Morgan fingerprint density at radius 1 is 0.676 bits per heavy atom. The van der Waals surface area contributed by atoms with Crippen LogP contribution in [0.4, 0.5) is 0 Å². The van der Waals surface area contributed by atoms with Crippen molar-refractivity contribution in [3.8, 4) is 28.4 Å². The van der Waals surface area contributed by atoms with Crippen LogP contribution < -0.4 is 14.2 Å². The summed E-state index contributed by atoms with van der Waals surface area (Å²) in [6.07, 6.45) is 0. The number of carbonyl (C=O) groups excluding carboxylic acids is 1. The number of rotatable bonds is 6. The number of benzene rings is 4. The zero-order valence-corrected chi connectivity index (χ0v) is 19.8. The summed E-state index contributed by atoms with van der Waals surface area (Å²) in [5.41, 5.74) is 3.40. The van der Waals surface area contributed by atoms with Gasteiger partial charge in [-0.15, -0.1) is 0 Å². The smallest absolute Gasteiger partial charge is 0.315 e. The Morgan fingerprint density at radius 2 is 1.30 bits per heavy atom. The Hall–Kier alpha value is -4.58. The van der Waals surface area contributed by atoms with E-state index in [0.717, 1.165) is 22.3 Å². The van der Waals surface area contributed by atoms with E-state index in [-0.39, 0.29) is 6.79 Å². The van der Waals surface area contributed by atoms with Gasteiger partial charge in [0.1, 0.15) is 5.75 Å². The molecule has 0 aromatic heterocycles. The standard InChI is InChI=1S/C31H24O6/c32-30(33)28-26(19-8-3-1-4-9-19)29(27(28)20-10-5-2-6-11-20)31(34)37-23-13-7-12-21(16-23)22-14-15-24-25(17-22)36-18-35-24/h1-17,26-29H,18H2,(H,32,33)/t26-,27+,28?,29?. The number of esters is 1. The summed E-state index contributed by atoms with van der Waals surface area (Å²) in [7, 11) is 0. The molecule has 1 N–H and O–H groups in total. The van der Waals surface area contributed by atoms with E-state index in [1.165, 1.54) is 0 Å². The van der Waals surface area contributed by atoms with Crippen LogP contribution in [0.3, 0.4) is 0 Å². The molecule has 4 aromatic carbocycles. The molecule has 0 amide bonds. The first-order chi connectivity index (χ1) is 18.1. The molecule has 37 heavy (non-hydrogen) atoms. The summed E-state index contributed by atoms with van der Waals surface area (Å²) in [6, 6.07) is 31.7. The van der Waals surface area contributed by atoms with E-state index < -0.39 is 35.6 Å². The predicted octanol–water partition coefficient (Wildman–Crippen LogP) is 5.89. The number of carboxylic acids is 1. The third-order valence-corrected chi connectivity index (χ3v) is 7.23. The Kier molecular flexibility index (Phi) is 5.85. The molecule has 4 atom stereocenters. The molecule has 1 aliphatic carbocycles. The molecule has 2 unspecified atom stereocenters. The number of carbonyl (C=O) groups is 2. The maximum atomic E-state index is 13.7. The molecule has 0 spiro atoms. The third kappa shape index (κ3) is 4.20. The van der Waals surface area contributed by atoms with E-state index in [1.807, 2.05) is 91.0 Å². The van der Waals surface area contributed by atoms with Gasteiger partial charge in [-0.25, -0.2) is 0 Å². The molecule has 1 saturated carbocycles. The number of carboxylic acid groups (broad SMARTS) is 1. The summed E-state index contributed by atoms with van der Waals surface area (Å²) in [5, 5.41) is 10.1. The summed E-state index contributed by atoms with van der Waals surface area (Å²) in [5.74, 6) is -1.95. The van der Waals surface area contributed by atoms with Gasteiger partial charge in [-0.05, 0) is 46.5 Å². The summed E-state index contributed by atoms with van der Waals surface area (Å²) >= 11 is 0. The topological polar surface area (TPSA) is 82.1 Å². The predicted molar refractivity (Wildman–Crippen MR) is 137 cm³/mol. The monoisotopic (exact) mass is 492 g/mol. The van der Waals surface area contributed by atoms with Crippen molar-refractivity contribution < 1.29 is 28.9 Å². The van der Waals surface area contributed by atoms with E-state index in [9.17, 15) is 14.7 Å². The van der Waals surface area contributed by atoms with Crippen molar-refractivity contribution >= 4 is 11.9 Å². The van der Waals surface area contributed by atoms with Crippen LogP contribution in [-0.2, 0) is 9.59 Å². The van der Waals surface area contributed by atoms with Gasteiger partial charge in [0.15, 0.2) is 11.5 Å². The quantitative estimate of drug-likeness (QED) is 0.267. The molecule has 4 aromatic rings. The van der Waals surface area contributed by atoms with Gasteiger partial charge in [-0.3, -0.25) is 9.59 Å². The van der Waals surface area contributed by atoms with Crippen molar-refractivity contribution in [2.45, 2.75) is 11.8 Å². The van der Waals surface area contributed by atoms with Crippen LogP contribution in [0.2, 0.25) is 0 Å². The Morgan fingerprint density at radius 3 is 1.95 bits per heavy atom. The van der Waals surface area contributed by atoms with Gasteiger partial charge in [0.05, 0.1) is 11.8 Å². The third-order valence-electron chi connectivity index (χ3n) is 7.23. The lowest BCUT2D eigenvalue weighted by Gasteiger charge is -2.48.